The first kappa shape index (κ1) is 24.1. The zero-order chi connectivity index (χ0) is 23.2. The van der Waals surface area contributed by atoms with E-state index in [9.17, 15) is 33.4 Å². The molecular formula is C18H16BrF3N4O5. The Morgan fingerprint density at radius 1 is 1.16 bits per heavy atom. The molecule has 13 heteroatoms. The lowest BCUT2D eigenvalue weighted by Gasteiger charge is -2.09. The second-order valence-electron chi connectivity index (χ2n) is 6.16. The van der Waals surface area contributed by atoms with E-state index in [2.05, 4.69) is 26.5 Å². The highest BCUT2D eigenvalue weighted by molar-refractivity contribution is 9.10. The molecule has 0 aliphatic carbocycles. The lowest BCUT2D eigenvalue weighted by Crippen LogP contribution is -2.09. The average molecular weight is 505 g/mol. The number of anilines is 1. The molecular weight excluding hydrogens is 489 g/mol. The summed E-state index contributed by atoms with van der Waals surface area (Å²) in [5.74, 6) is 0.590. The van der Waals surface area contributed by atoms with Gasteiger partial charge in [0.15, 0.2) is 0 Å². The number of nitrogens with one attached hydrogen (secondary N) is 1. The van der Waals surface area contributed by atoms with E-state index in [1.54, 1.807) is 18.2 Å². The summed E-state index contributed by atoms with van der Waals surface area (Å²) in [5.41, 5.74) is -1.91. The van der Waals surface area contributed by atoms with Gasteiger partial charge in [0.1, 0.15) is 5.75 Å². The van der Waals surface area contributed by atoms with E-state index in [4.69, 9.17) is 4.74 Å². The van der Waals surface area contributed by atoms with Gasteiger partial charge in [-0.15, -0.1) is 0 Å². The minimum atomic E-state index is -5.00. The molecule has 0 radical (unpaired) electrons. The van der Waals surface area contributed by atoms with Crippen LogP contribution in [0.15, 0.2) is 39.9 Å². The second kappa shape index (κ2) is 10.2. The number of rotatable bonds is 9. The van der Waals surface area contributed by atoms with Gasteiger partial charge in [-0.1, -0.05) is 13.3 Å². The Morgan fingerprint density at radius 3 is 2.26 bits per heavy atom. The predicted molar refractivity (Wildman–Crippen MR) is 111 cm³/mol. The van der Waals surface area contributed by atoms with Crippen LogP contribution in [0.5, 0.6) is 5.75 Å². The van der Waals surface area contributed by atoms with E-state index in [1.807, 2.05) is 6.92 Å². The molecule has 9 nitrogen and oxygen atoms in total. The lowest BCUT2D eigenvalue weighted by molar-refractivity contribution is -0.392. The SMILES string of the molecule is CCCCOc1ccc(/C=N/Nc2c([N+](=O)[O-])cc(C(F)(F)F)cc2[N+](=O)[O-])cc1Br. The van der Waals surface area contributed by atoms with Gasteiger partial charge >= 0.3 is 17.6 Å². The Hall–Kier alpha value is -3.22. The molecule has 0 amide bonds. The molecule has 0 unspecified atom stereocenters. The molecule has 0 aliphatic heterocycles. The van der Waals surface area contributed by atoms with E-state index >= 15 is 0 Å². The van der Waals surface area contributed by atoms with Gasteiger partial charge in [-0.05, 0) is 46.1 Å². The topological polar surface area (TPSA) is 120 Å². The highest BCUT2D eigenvalue weighted by atomic mass is 79.9. The fourth-order valence-corrected chi connectivity index (χ4v) is 2.90. The number of nitro groups is 2. The maximum Gasteiger partial charge on any atom is 0.416 e. The van der Waals surface area contributed by atoms with Gasteiger partial charge in [0.25, 0.3) is 0 Å². The first-order valence-electron chi connectivity index (χ1n) is 8.80. The van der Waals surface area contributed by atoms with Crippen molar-refractivity contribution in [2.45, 2.75) is 25.9 Å². The molecule has 166 valence electrons. The summed E-state index contributed by atoms with van der Waals surface area (Å²) in [5, 5.41) is 26.1. The number of benzene rings is 2. The van der Waals surface area contributed by atoms with Crippen LogP contribution in [0.25, 0.3) is 0 Å². The molecule has 0 aliphatic rings. The van der Waals surface area contributed by atoms with Crippen molar-refractivity contribution in [1.82, 2.24) is 0 Å². The van der Waals surface area contributed by atoms with E-state index in [-0.39, 0.29) is 12.1 Å². The summed E-state index contributed by atoms with van der Waals surface area (Å²) < 4.78 is 45.0. The Bertz CT molecular complexity index is 979. The molecule has 2 aromatic carbocycles. The zero-order valence-corrected chi connectivity index (χ0v) is 17.6. The fraction of sp³-hybridized carbons (Fsp3) is 0.278. The summed E-state index contributed by atoms with van der Waals surface area (Å²) in [6.45, 7) is 2.56. The number of unbranched alkanes of at least 4 members (excludes halogenated alkanes) is 1. The number of nitrogens with zero attached hydrogens (tertiary/aromatic N) is 3. The molecule has 2 aromatic rings. The Balaban J connectivity index is 2.32. The summed E-state index contributed by atoms with van der Waals surface area (Å²) in [6, 6.07) is 5.33. The normalized spacial score (nSPS) is 11.5. The fourth-order valence-electron chi connectivity index (χ4n) is 2.39. The molecule has 0 saturated heterocycles. The van der Waals surface area contributed by atoms with Gasteiger partial charge < -0.3 is 4.74 Å². The second-order valence-corrected chi connectivity index (χ2v) is 7.02. The van der Waals surface area contributed by atoms with Crippen molar-refractivity contribution in [3.05, 3.63) is 66.2 Å². The monoisotopic (exact) mass is 504 g/mol. The standard InChI is InChI=1S/C18H16BrF3N4O5/c1-2-3-6-31-16-5-4-11(7-13(16)19)10-23-24-17-14(25(27)28)8-12(18(20,21)22)9-15(17)26(29)30/h4-5,7-10,24H,2-3,6H2,1H3/b23-10+. The van der Waals surface area contributed by atoms with Crippen LogP contribution in [-0.2, 0) is 6.18 Å². The predicted octanol–water partition coefficient (Wildman–Crippen LogP) is 5.91. The van der Waals surface area contributed by atoms with Crippen LogP contribution in [0, 0.1) is 20.2 Å². The third-order valence-electron chi connectivity index (χ3n) is 3.92. The zero-order valence-electron chi connectivity index (χ0n) is 16.0. The largest absolute Gasteiger partial charge is 0.492 e. The number of hydrazone groups is 1. The maximum atomic E-state index is 12.9. The average Bonchev–Trinajstić information content (AvgIpc) is 2.68. The van der Waals surface area contributed by atoms with E-state index in [0.29, 0.717) is 22.4 Å². The van der Waals surface area contributed by atoms with Gasteiger partial charge in [0.2, 0.25) is 5.69 Å². The van der Waals surface area contributed by atoms with Gasteiger partial charge in [0, 0.05) is 12.1 Å². The maximum absolute atomic E-state index is 12.9. The first-order valence-corrected chi connectivity index (χ1v) is 9.59. The van der Waals surface area contributed by atoms with E-state index in [1.165, 1.54) is 6.21 Å². The number of ether oxygens (including phenoxy) is 1. The van der Waals surface area contributed by atoms with Crippen LogP contribution >= 0.6 is 15.9 Å². The number of hydrogen-bond donors (Lipinski definition) is 1. The van der Waals surface area contributed by atoms with Crippen molar-refractivity contribution < 1.29 is 27.8 Å². The van der Waals surface area contributed by atoms with Gasteiger partial charge in [-0.2, -0.15) is 18.3 Å². The summed E-state index contributed by atoms with van der Waals surface area (Å²) in [7, 11) is 0. The van der Waals surface area contributed by atoms with Crippen molar-refractivity contribution in [1.29, 1.82) is 0 Å². The van der Waals surface area contributed by atoms with Crippen molar-refractivity contribution in [3.63, 3.8) is 0 Å². The Morgan fingerprint density at radius 2 is 1.77 bits per heavy atom. The van der Waals surface area contributed by atoms with Gasteiger partial charge in [0.05, 0.1) is 32.7 Å². The molecule has 0 aromatic heterocycles. The van der Waals surface area contributed by atoms with Crippen LogP contribution < -0.4 is 10.2 Å². The first-order chi connectivity index (χ1) is 14.5. The smallest absolute Gasteiger partial charge is 0.416 e. The third kappa shape index (κ3) is 6.38. The van der Waals surface area contributed by atoms with Crippen LogP contribution in [0.4, 0.5) is 30.2 Å². The van der Waals surface area contributed by atoms with E-state index < -0.39 is 38.6 Å². The van der Waals surface area contributed by atoms with Gasteiger partial charge in [-0.3, -0.25) is 25.7 Å². The molecule has 0 heterocycles. The third-order valence-corrected chi connectivity index (χ3v) is 4.54. The Kier molecular flexibility index (Phi) is 7.91. The van der Waals surface area contributed by atoms with Crippen LogP contribution in [0.2, 0.25) is 0 Å². The molecule has 0 spiro atoms. The van der Waals surface area contributed by atoms with E-state index in [0.717, 1.165) is 12.8 Å². The minimum Gasteiger partial charge on any atom is -0.492 e. The summed E-state index contributed by atoms with van der Waals surface area (Å²) >= 11 is 3.33. The van der Waals surface area contributed by atoms with Crippen molar-refractivity contribution in [2.75, 3.05) is 12.0 Å². The summed E-state index contributed by atoms with van der Waals surface area (Å²) in [6.07, 6.45) is -1.95. The Labute approximate surface area is 182 Å². The molecule has 0 saturated carbocycles. The molecule has 0 bridgehead atoms. The molecule has 0 atom stereocenters. The highest BCUT2D eigenvalue weighted by Gasteiger charge is 2.37. The van der Waals surface area contributed by atoms with Crippen LogP contribution in [0.3, 0.4) is 0 Å². The molecule has 31 heavy (non-hydrogen) atoms. The van der Waals surface area contributed by atoms with Crippen molar-refractivity contribution in [3.8, 4) is 5.75 Å². The molecule has 0 fully saturated rings. The number of halogens is 4. The van der Waals surface area contributed by atoms with Crippen molar-refractivity contribution in [2.24, 2.45) is 5.10 Å². The van der Waals surface area contributed by atoms with Crippen LogP contribution in [-0.4, -0.2) is 22.7 Å². The molecule has 1 N–H and O–H groups in total. The van der Waals surface area contributed by atoms with Gasteiger partial charge in [-0.25, -0.2) is 0 Å². The quantitative estimate of drug-likeness (QED) is 0.196. The summed E-state index contributed by atoms with van der Waals surface area (Å²) in [4.78, 5) is 20.1. The molecule has 2 rings (SSSR count). The lowest BCUT2D eigenvalue weighted by atomic mass is 10.1. The highest BCUT2D eigenvalue weighted by Crippen LogP contribution is 2.41. The van der Waals surface area contributed by atoms with Crippen molar-refractivity contribution >= 4 is 39.2 Å². The van der Waals surface area contributed by atoms with Crippen LogP contribution in [0.1, 0.15) is 30.9 Å². The number of hydrogen-bond acceptors (Lipinski definition) is 7. The number of alkyl halides is 3. The minimum absolute atomic E-state index is 0.212. The number of nitro benzene ring substituents is 2.